The molecule has 1 heterocycles. The lowest BCUT2D eigenvalue weighted by Crippen LogP contribution is -2.50. The summed E-state index contributed by atoms with van der Waals surface area (Å²) in [6.45, 7) is 3.47. The van der Waals surface area contributed by atoms with Crippen molar-refractivity contribution in [1.82, 2.24) is 15.5 Å². The first-order valence-corrected chi connectivity index (χ1v) is 6.94. The molecule has 1 aromatic carbocycles. The zero-order chi connectivity index (χ0) is 13.7. The molecule has 104 valence electrons. The molecule has 1 aliphatic heterocycles. The lowest BCUT2D eigenvalue weighted by molar-refractivity contribution is -0.121. The number of hydrogen-bond donors (Lipinski definition) is 2. The number of benzene rings is 1. The van der Waals surface area contributed by atoms with Crippen LogP contribution in [-0.4, -0.2) is 43.5 Å². The van der Waals surface area contributed by atoms with E-state index in [1.54, 1.807) is 0 Å². The largest absolute Gasteiger partial charge is 0.352 e. The predicted molar refractivity (Wildman–Crippen MR) is 77.2 cm³/mol. The summed E-state index contributed by atoms with van der Waals surface area (Å²) in [4.78, 5) is 14.1. The van der Waals surface area contributed by atoms with Gasteiger partial charge in [-0.25, -0.2) is 0 Å². The predicted octanol–water partition coefficient (Wildman–Crippen LogP) is 1.25. The number of halogens is 1. The van der Waals surface area contributed by atoms with Gasteiger partial charge in [0, 0.05) is 43.7 Å². The minimum Gasteiger partial charge on any atom is -0.352 e. The summed E-state index contributed by atoms with van der Waals surface area (Å²) in [6.07, 6.45) is 0.526. The molecule has 0 radical (unpaired) electrons. The van der Waals surface area contributed by atoms with Gasteiger partial charge in [0.05, 0.1) is 0 Å². The third kappa shape index (κ3) is 4.82. The van der Waals surface area contributed by atoms with E-state index >= 15 is 0 Å². The normalized spacial score (nSPS) is 20.2. The molecule has 4 nitrogen and oxygen atoms in total. The minimum atomic E-state index is 0.0859. The van der Waals surface area contributed by atoms with E-state index < -0.39 is 0 Å². The van der Waals surface area contributed by atoms with Crippen LogP contribution in [0.2, 0.25) is 5.02 Å². The SMILES string of the molecule is CN1CCNC(CC(=O)NCc2ccc(Cl)cc2)C1. The summed E-state index contributed by atoms with van der Waals surface area (Å²) < 4.78 is 0. The van der Waals surface area contributed by atoms with Gasteiger partial charge in [0.15, 0.2) is 0 Å². The van der Waals surface area contributed by atoms with E-state index in [1.165, 1.54) is 0 Å². The second-order valence-electron chi connectivity index (χ2n) is 5.02. The maximum atomic E-state index is 11.9. The molecule has 1 amide bonds. The number of nitrogens with one attached hydrogen (secondary N) is 2. The average molecular weight is 282 g/mol. The van der Waals surface area contributed by atoms with Crippen LogP contribution in [0, 0.1) is 0 Å². The summed E-state index contributed by atoms with van der Waals surface area (Å²) in [5.41, 5.74) is 1.06. The number of carbonyl (C=O) groups excluding carboxylic acids is 1. The maximum Gasteiger partial charge on any atom is 0.221 e. The van der Waals surface area contributed by atoms with E-state index in [1.807, 2.05) is 24.3 Å². The third-order valence-corrected chi connectivity index (χ3v) is 3.55. The van der Waals surface area contributed by atoms with Crippen LogP contribution in [-0.2, 0) is 11.3 Å². The highest BCUT2D eigenvalue weighted by Crippen LogP contribution is 2.09. The second kappa shape index (κ2) is 6.89. The van der Waals surface area contributed by atoms with Gasteiger partial charge >= 0.3 is 0 Å². The van der Waals surface area contributed by atoms with E-state index in [9.17, 15) is 4.79 Å². The molecule has 0 spiro atoms. The van der Waals surface area contributed by atoms with Crippen LogP contribution in [0.4, 0.5) is 0 Å². The molecule has 1 unspecified atom stereocenters. The standard InChI is InChI=1S/C14H20ClN3O/c1-18-7-6-16-13(10-18)8-14(19)17-9-11-2-4-12(15)5-3-11/h2-5,13,16H,6-10H2,1H3,(H,17,19). The van der Waals surface area contributed by atoms with Crippen LogP contribution in [0.25, 0.3) is 0 Å². The molecule has 1 fully saturated rings. The van der Waals surface area contributed by atoms with Crippen LogP contribution >= 0.6 is 11.6 Å². The fraction of sp³-hybridized carbons (Fsp3) is 0.500. The lowest BCUT2D eigenvalue weighted by atomic mass is 10.1. The molecule has 0 bridgehead atoms. The van der Waals surface area contributed by atoms with Gasteiger partial charge in [-0.15, -0.1) is 0 Å². The van der Waals surface area contributed by atoms with Crippen molar-refractivity contribution >= 4 is 17.5 Å². The van der Waals surface area contributed by atoms with Gasteiger partial charge in [0.1, 0.15) is 0 Å². The molecular formula is C14H20ClN3O. The molecule has 1 atom stereocenters. The first-order valence-electron chi connectivity index (χ1n) is 6.56. The summed E-state index contributed by atoms with van der Waals surface area (Å²) in [5, 5.41) is 7.02. The molecular weight excluding hydrogens is 262 g/mol. The van der Waals surface area contributed by atoms with E-state index in [2.05, 4.69) is 22.6 Å². The Balaban J connectivity index is 1.73. The fourth-order valence-corrected chi connectivity index (χ4v) is 2.35. The topological polar surface area (TPSA) is 44.4 Å². The zero-order valence-corrected chi connectivity index (χ0v) is 11.9. The Bertz CT molecular complexity index is 421. The van der Waals surface area contributed by atoms with E-state index in [4.69, 9.17) is 11.6 Å². The van der Waals surface area contributed by atoms with Crippen molar-refractivity contribution in [3.63, 3.8) is 0 Å². The first-order chi connectivity index (χ1) is 9.13. The fourth-order valence-electron chi connectivity index (χ4n) is 2.23. The average Bonchev–Trinajstić information content (AvgIpc) is 2.38. The van der Waals surface area contributed by atoms with Gasteiger partial charge in [-0.05, 0) is 24.7 Å². The Kier molecular flexibility index (Phi) is 5.19. The van der Waals surface area contributed by atoms with Crippen molar-refractivity contribution in [1.29, 1.82) is 0 Å². The van der Waals surface area contributed by atoms with Gasteiger partial charge in [-0.2, -0.15) is 0 Å². The molecule has 1 saturated heterocycles. The van der Waals surface area contributed by atoms with E-state index in [0.717, 1.165) is 25.2 Å². The minimum absolute atomic E-state index is 0.0859. The van der Waals surface area contributed by atoms with Crippen molar-refractivity contribution in [3.05, 3.63) is 34.9 Å². The Morgan fingerprint density at radius 1 is 1.47 bits per heavy atom. The quantitative estimate of drug-likeness (QED) is 0.873. The third-order valence-electron chi connectivity index (χ3n) is 3.29. The van der Waals surface area contributed by atoms with Gasteiger partial charge in [0.2, 0.25) is 5.91 Å². The summed E-state index contributed by atoms with van der Waals surface area (Å²) in [5.74, 6) is 0.0859. The summed E-state index contributed by atoms with van der Waals surface area (Å²) in [7, 11) is 2.08. The number of nitrogens with zero attached hydrogens (tertiary/aromatic N) is 1. The molecule has 1 aromatic rings. The van der Waals surface area contributed by atoms with Crippen molar-refractivity contribution < 1.29 is 4.79 Å². The Morgan fingerprint density at radius 2 is 2.21 bits per heavy atom. The van der Waals surface area contributed by atoms with Crippen LogP contribution in [0.15, 0.2) is 24.3 Å². The number of hydrogen-bond acceptors (Lipinski definition) is 3. The molecule has 5 heteroatoms. The maximum absolute atomic E-state index is 11.9. The number of carbonyl (C=O) groups is 1. The summed E-state index contributed by atoms with van der Waals surface area (Å²) in [6, 6.07) is 7.77. The van der Waals surface area contributed by atoms with Gasteiger partial charge in [-0.1, -0.05) is 23.7 Å². The van der Waals surface area contributed by atoms with Crippen LogP contribution in [0.1, 0.15) is 12.0 Å². The highest BCUT2D eigenvalue weighted by molar-refractivity contribution is 6.30. The molecule has 2 rings (SSSR count). The van der Waals surface area contributed by atoms with Gasteiger partial charge in [0.25, 0.3) is 0 Å². The molecule has 2 N–H and O–H groups in total. The monoisotopic (exact) mass is 281 g/mol. The van der Waals surface area contributed by atoms with Crippen molar-refractivity contribution in [2.45, 2.75) is 19.0 Å². The zero-order valence-electron chi connectivity index (χ0n) is 11.2. The molecule has 0 aromatic heterocycles. The molecule has 0 aliphatic carbocycles. The smallest absolute Gasteiger partial charge is 0.221 e. The van der Waals surface area contributed by atoms with E-state index in [-0.39, 0.29) is 11.9 Å². The Hall–Kier alpha value is -1.10. The second-order valence-corrected chi connectivity index (χ2v) is 5.46. The Labute approximate surface area is 119 Å². The highest BCUT2D eigenvalue weighted by Gasteiger charge is 2.18. The van der Waals surface area contributed by atoms with Crippen molar-refractivity contribution in [3.8, 4) is 0 Å². The number of rotatable bonds is 4. The van der Waals surface area contributed by atoms with Crippen LogP contribution in [0.5, 0.6) is 0 Å². The lowest BCUT2D eigenvalue weighted by Gasteiger charge is -2.30. The molecule has 0 saturated carbocycles. The van der Waals surface area contributed by atoms with Crippen LogP contribution < -0.4 is 10.6 Å². The highest BCUT2D eigenvalue weighted by atomic mass is 35.5. The molecule has 19 heavy (non-hydrogen) atoms. The number of piperazine rings is 1. The first kappa shape index (κ1) is 14.3. The molecule has 1 aliphatic rings. The number of amides is 1. The van der Waals surface area contributed by atoms with Crippen molar-refractivity contribution in [2.24, 2.45) is 0 Å². The van der Waals surface area contributed by atoms with Gasteiger partial charge < -0.3 is 15.5 Å². The van der Waals surface area contributed by atoms with Gasteiger partial charge in [-0.3, -0.25) is 4.79 Å². The number of likely N-dealkylation sites (N-methyl/N-ethyl adjacent to an activating group) is 1. The Morgan fingerprint density at radius 3 is 2.89 bits per heavy atom. The van der Waals surface area contributed by atoms with E-state index in [0.29, 0.717) is 18.0 Å². The van der Waals surface area contributed by atoms with Crippen molar-refractivity contribution in [2.75, 3.05) is 26.7 Å². The van der Waals surface area contributed by atoms with Crippen LogP contribution in [0.3, 0.4) is 0 Å². The summed E-state index contributed by atoms with van der Waals surface area (Å²) >= 11 is 5.82.